The summed E-state index contributed by atoms with van der Waals surface area (Å²) in [7, 11) is 0. The molecule has 0 saturated carbocycles. The molecule has 2 heterocycles. The van der Waals surface area contributed by atoms with Crippen molar-refractivity contribution in [3.63, 3.8) is 0 Å². The standard InChI is InChI=1S/C10H16BrNO2/c11-8-4-5-12(7-8)10(13)9-3-1-2-6-14-9/h8-9H,1-7H2. The molecule has 4 heteroatoms. The van der Waals surface area contributed by atoms with Gasteiger partial charge in [-0.1, -0.05) is 15.9 Å². The molecule has 2 saturated heterocycles. The monoisotopic (exact) mass is 261 g/mol. The summed E-state index contributed by atoms with van der Waals surface area (Å²) in [5.41, 5.74) is 0. The van der Waals surface area contributed by atoms with Crippen LogP contribution in [0.15, 0.2) is 0 Å². The highest BCUT2D eigenvalue weighted by Crippen LogP contribution is 2.21. The maximum atomic E-state index is 11.9. The number of carbonyl (C=O) groups excluding carboxylic acids is 1. The minimum absolute atomic E-state index is 0.151. The number of amides is 1. The van der Waals surface area contributed by atoms with E-state index in [9.17, 15) is 4.79 Å². The largest absolute Gasteiger partial charge is 0.368 e. The molecule has 80 valence electrons. The molecule has 0 aromatic carbocycles. The van der Waals surface area contributed by atoms with Crippen LogP contribution in [0.2, 0.25) is 0 Å². The number of likely N-dealkylation sites (tertiary alicyclic amines) is 1. The molecule has 0 N–H and O–H groups in total. The lowest BCUT2D eigenvalue weighted by Crippen LogP contribution is -2.40. The van der Waals surface area contributed by atoms with E-state index in [-0.39, 0.29) is 12.0 Å². The van der Waals surface area contributed by atoms with Gasteiger partial charge in [-0.2, -0.15) is 0 Å². The molecule has 0 aromatic heterocycles. The van der Waals surface area contributed by atoms with Gasteiger partial charge in [0, 0.05) is 24.5 Å². The van der Waals surface area contributed by atoms with Gasteiger partial charge in [-0.05, 0) is 25.7 Å². The van der Waals surface area contributed by atoms with Gasteiger partial charge in [0.25, 0.3) is 5.91 Å². The normalized spacial score (nSPS) is 33.4. The maximum Gasteiger partial charge on any atom is 0.251 e. The first kappa shape index (κ1) is 10.4. The molecule has 2 fully saturated rings. The zero-order chi connectivity index (χ0) is 9.97. The molecule has 0 bridgehead atoms. The number of ether oxygens (including phenoxy) is 1. The quantitative estimate of drug-likeness (QED) is 0.671. The second-order valence-corrected chi connectivity index (χ2v) is 5.32. The first-order valence-corrected chi connectivity index (χ1v) is 6.23. The fourth-order valence-corrected chi connectivity index (χ4v) is 2.61. The van der Waals surface area contributed by atoms with E-state index in [0.717, 1.165) is 45.4 Å². The van der Waals surface area contributed by atoms with Crippen LogP contribution in [-0.4, -0.2) is 41.4 Å². The summed E-state index contributed by atoms with van der Waals surface area (Å²) in [6.07, 6.45) is 4.05. The van der Waals surface area contributed by atoms with E-state index in [1.54, 1.807) is 0 Å². The van der Waals surface area contributed by atoms with Crippen LogP contribution in [0.4, 0.5) is 0 Å². The van der Waals surface area contributed by atoms with E-state index >= 15 is 0 Å². The Labute approximate surface area is 92.9 Å². The number of halogens is 1. The molecule has 2 rings (SSSR count). The van der Waals surface area contributed by atoms with Crippen LogP contribution in [0.25, 0.3) is 0 Å². The van der Waals surface area contributed by atoms with E-state index in [1.807, 2.05) is 4.90 Å². The van der Waals surface area contributed by atoms with Crippen molar-refractivity contribution >= 4 is 21.8 Å². The Bertz CT molecular complexity index is 209. The molecular formula is C10H16BrNO2. The highest BCUT2D eigenvalue weighted by Gasteiger charge is 2.31. The summed E-state index contributed by atoms with van der Waals surface area (Å²) in [5.74, 6) is 0.201. The molecule has 2 atom stereocenters. The van der Waals surface area contributed by atoms with E-state index in [2.05, 4.69) is 15.9 Å². The van der Waals surface area contributed by atoms with Crippen molar-refractivity contribution in [2.24, 2.45) is 0 Å². The molecule has 0 radical (unpaired) electrons. The number of hydrogen-bond acceptors (Lipinski definition) is 2. The van der Waals surface area contributed by atoms with Gasteiger partial charge in [0.1, 0.15) is 6.10 Å². The predicted molar refractivity (Wildman–Crippen MR) is 57.5 cm³/mol. The maximum absolute atomic E-state index is 11.9. The van der Waals surface area contributed by atoms with Gasteiger partial charge in [-0.3, -0.25) is 4.79 Å². The minimum Gasteiger partial charge on any atom is -0.368 e. The molecule has 14 heavy (non-hydrogen) atoms. The van der Waals surface area contributed by atoms with E-state index < -0.39 is 0 Å². The summed E-state index contributed by atoms with van der Waals surface area (Å²) in [6.45, 7) is 2.48. The third kappa shape index (κ3) is 2.28. The van der Waals surface area contributed by atoms with Gasteiger partial charge >= 0.3 is 0 Å². The fourth-order valence-electron chi connectivity index (χ4n) is 2.06. The summed E-state index contributed by atoms with van der Waals surface area (Å²) >= 11 is 3.54. The van der Waals surface area contributed by atoms with Crippen molar-refractivity contribution in [3.8, 4) is 0 Å². The Morgan fingerprint density at radius 1 is 1.36 bits per heavy atom. The zero-order valence-electron chi connectivity index (χ0n) is 8.25. The van der Waals surface area contributed by atoms with E-state index in [4.69, 9.17) is 4.74 Å². The van der Waals surface area contributed by atoms with Gasteiger partial charge in [0.2, 0.25) is 0 Å². The second-order valence-electron chi connectivity index (χ2n) is 4.03. The number of hydrogen-bond donors (Lipinski definition) is 0. The smallest absolute Gasteiger partial charge is 0.251 e. The van der Waals surface area contributed by atoms with Crippen LogP contribution >= 0.6 is 15.9 Å². The molecule has 0 aliphatic carbocycles. The molecule has 0 aromatic rings. The lowest BCUT2D eigenvalue weighted by atomic mass is 10.1. The Morgan fingerprint density at radius 3 is 2.79 bits per heavy atom. The van der Waals surface area contributed by atoms with Crippen LogP contribution in [0.3, 0.4) is 0 Å². The van der Waals surface area contributed by atoms with Crippen molar-refractivity contribution in [2.75, 3.05) is 19.7 Å². The SMILES string of the molecule is O=C(C1CCCCO1)N1CCC(Br)C1. The zero-order valence-corrected chi connectivity index (χ0v) is 9.83. The van der Waals surface area contributed by atoms with Crippen molar-refractivity contribution in [2.45, 2.75) is 36.6 Å². The van der Waals surface area contributed by atoms with Crippen molar-refractivity contribution in [1.82, 2.24) is 4.90 Å². The summed E-state index contributed by atoms with van der Waals surface area (Å²) < 4.78 is 5.48. The number of alkyl halides is 1. The summed E-state index contributed by atoms with van der Waals surface area (Å²) in [5, 5.41) is 0. The lowest BCUT2D eigenvalue weighted by Gasteiger charge is -2.26. The van der Waals surface area contributed by atoms with Crippen LogP contribution in [0.5, 0.6) is 0 Å². The Morgan fingerprint density at radius 2 is 2.21 bits per heavy atom. The third-order valence-electron chi connectivity index (χ3n) is 2.90. The fraction of sp³-hybridized carbons (Fsp3) is 0.900. The van der Waals surface area contributed by atoms with Gasteiger partial charge in [0.15, 0.2) is 0 Å². The van der Waals surface area contributed by atoms with Crippen molar-refractivity contribution < 1.29 is 9.53 Å². The molecule has 1 amide bonds. The topological polar surface area (TPSA) is 29.5 Å². The third-order valence-corrected chi connectivity index (χ3v) is 3.64. The Hall–Kier alpha value is -0.0900. The molecular weight excluding hydrogens is 246 g/mol. The highest BCUT2D eigenvalue weighted by molar-refractivity contribution is 9.09. The molecule has 3 nitrogen and oxygen atoms in total. The Kier molecular flexibility index (Phi) is 3.44. The number of rotatable bonds is 1. The van der Waals surface area contributed by atoms with Crippen molar-refractivity contribution in [1.29, 1.82) is 0 Å². The highest BCUT2D eigenvalue weighted by atomic mass is 79.9. The van der Waals surface area contributed by atoms with Gasteiger partial charge < -0.3 is 9.64 Å². The van der Waals surface area contributed by atoms with Crippen LogP contribution < -0.4 is 0 Å². The molecule has 2 unspecified atom stereocenters. The molecule has 2 aliphatic heterocycles. The van der Waals surface area contributed by atoms with Gasteiger partial charge in [0.05, 0.1) is 0 Å². The van der Waals surface area contributed by atoms with Crippen LogP contribution in [0.1, 0.15) is 25.7 Å². The van der Waals surface area contributed by atoms with Crippen LogP contribution in [-0.2, 0) is 9.53 Å². The van der Waals surface area contributed by atoms with Gasteiger partial charge in [-0.15, -0.1) is 0 Å². The van der Waals surface area contributed by atoms with Crippen molar-refractivity contribution in [3.05, 3.63) is 0 Å². The molecule has 2 aliphatic rings. The average molecular weight is 262 g/mol. The van der Waals surface area contributed by atoms with E-state index in [1.165, 1.54) is 0 Å². The first-order chi connectivity index (χ1) is 6.77. The number of carbonyl (C=O) groups is 1. The summed E-state index contributed by atoms with van der Waals surface area (Å²) in [6, 6.07) is 0. The lowest BCUT2D eigenvalue weighted by molar-refractivity contribution is -0.145. The van der Waals surface area contributed by atoms with Crippen LogP contribution in [0, 0.1) is 0 Å². The first-order valence-electron chi connectivity index (χ1n) is 5.32. The number of nitrogens with zero attached hydrogens (tertiary/aromatic N) is 1. The van der Waals surface area contributed by atoms with Gasteiger partial charge in [-0.25, -0.2) is 0 Å². The average Bonchev–Trinajstić information content (AvgIpc) is 2.65. The summed E-state index contributed by atoms with van der Waals surface area (Å²) in [4.78, 5) is 14.3. The minimum atomic E-state index is -0.151. The molecule has 0 spiro atoms. The predicted octanol–water partition coefficient (Wildman–Crippen LogP) is 1.55. The Balaban J connectivity index is 1.87. The van der Waals surface area contributed by atoms with E-state index in [0.29, 0.717) is 4.83 Å². The second kappa shape index (κ2) is 4.62.